The molecule has 0 saturated heterocycles. The molecule has 0 radical (unpaired) electrons. The molecule has 2 heteroatoms. The van der Waals surface area contributed by atoms with Crippen molar-refractivity contribution < 1.29 is 9.84 Å². The highest BCUT2D eigenvalue weighted by Gasteiger charge is 2.32. The second-order valence-electron chi connectivity index (χ2n) is 5.43. The van der Waals surface area contributed by atoms with Gasteiger partial charge in [-0.3, -0.25) is 0 Å². The summed E-state index contributed by atoms with van der Waals surface area (Å²) in [5.74, 6) is 0.907. The summed E-state index contributed by atoms with van der Waals surface area (Å²) >= 11 is 0. The van der Waals surface area contributed by atoms with Gasteiger partial charge in [-0.15, -0.1) is 0 Å². The minimum Gasteiger partial charge on any atom is -0.497 e. The Hall–Kier alpha value is -1.28. The summed E-state index contributed by atoms with van der Waals surface area (Å²) < 4.78 is 5.35. The number of aliphatic hydroxyl groups excluding tert-OH is 1. The van der Waals surface area contributed by atoms with Crippen molar-refractivity contribution in [3.05, 3.63) is 35.4 Å². The van der Waals surface area contributed by atoms with Crippen LogP contribution in [0.5, 0.6) is 5.75 Å². The lowest BCUT2D eigenvalue weighted by Crippen LogP contribution is -2.16. The van der Waals surface area contributed by atoms with Gasteiger partial charge in [-0.1, -0.05) is 19.1 Å². The van der Waals surface area contributed by atoms with Gasteiger partial charge in [0.1, 0.15) is 5.75 Å². The van der Waals surface area contributed by atoms with Crippen LogP contribution in [0.4, 0.5) is 0 Å². The van der Waals surface area contributed by atoms with Gasteiger partial charge >= 0.3 is 0 Å². The Balaban J connectivity index is 2.39. The van der Waals surface area contributed by atoms with Crippen molar-refractivity contribution in [2.24, 2.45) is 5.41 Å². The van der Waals surface area contributed by atoms with Gasteiger partial charge < -0.3 is 9.84 Å². The molecule has 98 valence electrons. The average molecular weight is 246 g/mol. The first kappa shape index (κ1) is 13.2. The summed E-state index contributed by atoms with van der Waals surface area (Å²) in [5, 5.41) is 9.26. The highest BCUT2D eigenvalue weighted by Crippen LogP contribution is 2.47. The van der Waals surface area contributed by atoms with E-state index in [4.69, 9.17) is 4.74 Å². The van der Waals surface area contributed by atoms with Crippen LogP contribution in [0.15, 0.2) is 24.3 Å². The second kappa shape index (κ2) is 5.15. The first-order valence-electron chi connectivity index (χ1n) is 6.56. The molecule has 18 heavy (non-hydrogen) atoms. The zero-order chi connectivity index (χ0) is 13.2. The molecular formula is C16H22O2. The number of ether oxygens (including phenoxy) is 1. The van der Waals surface area contributed by atoms with Crippen LogP contribution in [-0.2, 0) is 0 Å². The molecule has 0 amide bonds. The van der Waals surface area contributed by atoms with Crippen LogP contribution < -0.4 is 4.74 Å². The van der Waals surface area contributed by atoms with Crippen molar-refractivity contribution in [3.8, 4) is 5.75 Å². The Morgan fingerprint density at radius 2 is 2.11 bits per heavy atom. The Bertz CT molecular complexity index is 462. The van der Waals surface area contributed by atoms with E-state index in [1.165, 1.54) is 16.7 Å². The molecule has 0 bridgehead atoms. The van der Waals surface area contributed by atoms with Gasteiger partial charge in [0.15, 0.2) is 0 Å². The van der Waals surface area contributed by atoms with Gasteiger partial charge in [-0.2, -0.15) is 0 Å². The molecule has 1 atom stereocenters. The Kier molecular flexibility index (Phi) is 3.76. The van der Waals surface area contributed by atoms with Crippen molar-refractivity contribution in [2.75, 3.05) is 13.7 Å². The van der Waals surface area contributed by atoms with Gasteiger partial charge in [0, 0.05) is 6.61 Å². The lowest BCUT2D eigenvalue weighted by molar-refractivity contribution is 0.234. The molecule has 0 unspecified atom stereocenters. The van der Waals surface area contributed by atoms with E-state index < -0.39 is 0 Å². The maximum absolute atomic E-state index is 9.26. The fourth-order valence-corrected chi connectivity index (χ4v) is 2.91. The zero-order valence-electron chi connectivity index (χ0n) is 11.5. The molecule has 0 aliphatic heterocycles. The number of aliphatic hydroxyl groups is 1. The molecule has 2 nitrogen and oxygen atoms in total. The van der Waals surface area contributed by atoms with E-state index in [9.17, 15) is 5.11 Å². The van der Waals surface area contributed by atoms with Crippen molar-refractivity contribution in [1.82, 2.24) is 0 Å². The molecule has 0 heterocycles. The SMILES string of the molecule is COc1cc(C)cc(C2=CCC[C@@]2(C)CCO)c1. The van der Waals surface area contributed by atoms with Gasteiger partial charge in [-0.05, 0) is 60.4 Å². The van der Waals surface area contributed by atoms with Gasteiger partial charge in [0.05, 0.1) is 7.11 Å². The first-order valence-corrected chi connectivity index (χ1v) is 6.56. The molecule has 1 aromatic rings. The van der Waals surface area contributed by atoms with Crippen LogP contribution in [0.1, 0.15) is 37.3 Å². The summed E-state index contributed by atoms with van der Waals surface area (Å²) in [6, 6.07) is 6.34. The smallest absolute Gasteiger partial charge is 0.119 e. The number of methoxy groups -OCH3 is 1. The number of hydrogen-bond acceptors (Lipinski definition) is 2. The van der Waals surface area contributed by atoms with Gasteiger partial charge in [0.25, 0.3) is 0 Å². The number of hydrogen-bond donors (Lipinski definition) is 1. The fraction of sp³-hybridized carbons (Fsp3) is 0.500. The van der Waals surface area contributed by atoms with Gasteiger partial charge in [0.2, 0.25) is 0 Å². The Morgan fingerprint density at radius 3 is 2.78 bits per heavy atom. The molecule has 1 aliphatic rings. The molecular weight excluding hydrogens is 224 g/mol. The Labute approximate surface area is 109 Å². The highest BCUT2D eigenvalue weighted by atomic mass is 16.5. The third kappa shape index (κ3) is 2.44. The summed E-state index contributed by atoms with van der Waals surface area (Å²) in [5.41, 5.74) is 3.91. The maximum atomic E-state index is 9.26. The molecule has 0 saturated carbocycles. The summed E-state index contributed by atoms with van der Waals surface area (Å²) in [6.07, 6.45) is 5.36. The van der Waals surface area contributed by atoms with E-state index in [1.54, 1.807) is 7.11 Å². The molecule has 0 fully saturated rings. The largest absolute Gasteiger partial charge is 0.497 e. The van der Waals surface area contributed by atoms with Crippen LogP contribution in [0.2, 0.25) is 0 Å². The van der Waals surface area contributed by atoms with E-state index >= 15 is 0 Å². The summed E-state index contributed by atoms with van der Waals surface area (Å²) in [4.78, 5) is 0. The minimum absolute atomic E-state index is 0.105. The predicted molar refractivity (Wildman–Crippen MR) is 74.8 cm³/mol. The molecule has 1 aromatic carbocycles. The zero-order valence-corrected chi connectivity index (χ0v) is 11.5. The second-order valence-corrected chi connectivity index (χ2v) is 5.43. The predicted octanol–water partition coefficient (Wildman–Crippen LogP) is 3.57. The van der Waals surface area contributed by atoms with Crippen LogP contribution in [0.25, 0.3) is 5.57 Å². The lowest BCUT2D eigenvalue weighted by Gasteiger charge is -2.28. The van der Waals surface area contributed by atoms with Crippen LogP contribution in [-0.4, -0.2) is 18.8 Å². The van der Waals surface area contributed by atoms with E-state index in [0.29, 0.717) is 0 Å². The molecule has 0 aromatic heterocycles. The maximum Gasteiger partial charge on any atom is 0.119 e. The Morgan fingerprint density at radius 1 is 1.33 bits per heavy atom. The standard InChI is InChI=1S/C16H22O2/c1-12-9-13(11-14(10-12)18-3)15-5-4-6-16(15,2)7-8-17/h5,9-11,17H,4,6-8H2,1-3H3/t16-/m0/s1. The third-order valence-corrected chi connectivity index (χ3v) is 3.96. The monoisotopic (exact) mass is 246 g/mol. The minimum atomic E-state index is 0.105. The summed E-state index contributed by atoms with van der Waals surface area (Å²) in [7, 11) is 1.70. The molecule has 2 rings (SSSR count). The fourth-order valence-electron chi connectivity index (χ4n) is 2.91. The average Bonchev–Trinajstić information content (AvgIpc) is 2.70. The van der Waals surface area contributed by atoms with Crippen molar-refractivity contribution in [1.29, 1.82) is 0 Å². The van der Waals surface area contributed by atoms with E-state index in [0.717, 1.165) is 25.0 Å². The molecule has 0 spiro atoms. The molecule has 1 aliphatic carbocycles. The van der Waals surface area contributed by atoms with Crippen LogP contribution in [0.3, 0.4) is 0 Å². The van der Waals surface area contributed by atoms with Crippen LogP contribution >= 0.6 is 0 Å². The topological polar surface area (TPSA) is 29.5 Å². The van der Waals surface area contributed by atoms with Crippen molar-refractivity contribution in [2.45, 2.75) is 33.1 Å². The van der Waals surface area contributed by atoms with Crippen molar-refractivity contribution >= 4 is 5.57 Å². The van der Waals surface area contributed by atoms with Crippen molar-refractivity contribution in [3.63, 3.8) is 0 Å². The first-order chi connectivity index (χ1) is 8.59. The van der Waals surface area contributed by atoms with E-state index in [-0.39, 0.29) is 12.0 Å². The number of allylic oxidation sites excluding steroid dienone is 2. The van der Waals surface area contributed by atoms with Gasteiger partial charge in [-0.25, -0.2) is 0 Å². The van der Waals surface area contributed by atoms with E-state index in [2.05, 4.69) is 32.1 Å². The lowest BCUT2D eigenvalue weighted by atomic mass is 9.77. The normalized spacial score (nSPS) is 23.0. The van der Waals surface area contributed by atoms with E-state index in [1.807, 2.05) is 6.07 Å². The quantitative estimate of drug-likeness (QED) is 0.880. The number of aryl methyl sites for hydroxylation is 1. The molecule has 1 N–H and O–H groups in total. The third-order valence-electron chi connectivity index (χ3n) is 3.96. The summed E-state index contributed by atoms with van der Waals surface area (Å²) in [6.45, 7) is 4.58. The highest BCUT2D eigenvalue weighted by molar-refractivity contribution is 5.73. The number of benzene rings is 1. The van der Waals surface area contributed by atoms with Crippen LogP contribution in [0, 0.1) is 12.3 Å². The number of rotatable bonds is 4.